The molecule has 0 radical (unpaired) electrons. The number of urea groups is 1. The molecule has 2 rings (SSSR count). The van der Waals surface area contributed by atoms with Crippen LogP contribution >= 0.6 is 11.8 Å². The summed E-state index contributed by atoms with van der Waals surface area (Å²) in [7, 11) is 0. The lowest BCUT2D eigenvalue weighted by Gasteiger charge is -2.14. The lowest BCUT2D eigenvalue weighted by atomic mass is 10.1. The zero-order valence-corrected chi connectivity index (χ0v) is 12.6. The monoisotopic (exact) mass is 332 g/mol. The van der Waals surface area contributed by atoms with E-state index in [-0.39, 0.29) is 12.5 Å². The molecule has 0 spiro atoms. The molecule has 0 aromatic heterocycles. The van der Waals surface area contributed by atoms with E-state index in [1.54, 1.807) is 11.8 Å². The number of amides is 3. The van der Waals surface area contributed by atoms with E-state index in [9.17, 15) is 22.8 Å². The molecule has 120 valence electrons. The van der Waals surface area contributed by atoms with Crippen molar-refractivity contribution < 1.29 is 22.8 Å². The maximum atomic E-state index is 12.5. The van der Waals surface area contributed by atoms with Crippen molar-refractivity contribution in [3.05, 3.63) is 35.4 Å². The summed E-state index contributed by atoms with van der Waals surface area (Å²) in [5.74, 6) is 0.407. The van der Waals surface area contributed by atoms with Crippen molar-refractivity contribution >= 4 is 23.7 Å². The molecule has 4 nitrogen and oxygen atoms in total. The van der Waals surface area contributed by atoms with Gasteiger partial charge < -0.3 is 5.32 Å². The van der Waals surface area contributed by atoms with Gasteiger partial charge in [0.05, 0.1) is 12.1 Å². The molecule has 1 aromatic rings. The van der Waals surface area contributed by atoms with Crippen molar-refractivity contribution in [3.63, 3.8) is 0 Å². The van der Waals surface area contributed by atoms with Crippen LogP contribution in [-0.2, 0) is 17.5 Å². The van der Waals surface area contributed by atoms with E-state index in [1.165, 1.54) is 12.1 Å². The fraction of sp³-hybridized carbons (Fsp3) is 0.429. The van der Waals surface area contributed by atoms with Crippen molar-refractivity contribution in [1.82, 2.24) is 10.2 Å². The van der Waals surface area contributed by atoms with Crippen LogP contribution in [0.4, 0.5) is 18.0 Å². The predicted octanol–water partition coefficient (Wildman–Crippen LogP) is 2.88. The third-order valence-electron chi connectivity index (χ3n) is 3.34. The van der Waals surface area contributed by atoms with Gasteiger partial charge in [-0.15, -0.1) is 0 Å². The molecule has 1 aromatic carbocycles. The Morgan fingerprint density at radius 3 is 2.41 bits per heavy atom. The summed E-state index contributed by atoms with van der Waals surface area (Å²) in [6.45, 7) is -0.0292. The van der Waals surface area contributed by atoms with Crippen molar-refractivity contribution in [2.75, 3.05) is 12.0 Å². The van der Waals surface area contributed by atoms with Gasteiger partial charge in [0.15, 0.2) is 0 Å². The van der Waals surface area contributed by atoms with Crippen LogP contribution in [-0.4, -0.2) is 34.9 Å². The predicted molar refractivity (Wildman–Crippen MR) is 77.3 cm³/mol. The first-order valence-corrected chi connectivity index (χ1v) is 7.99. The highest BCUT2D eigenvalue weighted by Crippen LogP contribution is 2.29. The third-order valence-corrected chi connectivity index (χ3v) is 3.98. The summed E-state index contributed by atoms with van der Waals surface area (Å²) >= 11 is 1.57. The first-order chi connectivity index (χ1) is 10.3. The van der Waals surface area contributed by atoms with Gasteiger partial charge in [-0.2, -0.15) is 24.9 Å². The minimum Gasteiger partial charge on any atom is -0.326 e. The van der Waals surface area contributed by atoms with Crippen LogP contribution in [0.25, 0.3) is 0 Å². The van der Waals surface area contributed by atoms with Gasteiger partial charge >= 0.3 is 12.2 Å². The summed E-state index contributed by atoms with van der Waals surface area (Å²) in [6, 6.07) is 3.39. The molecule has 22 heavy (non-hydrogen) atoms. The van der Waals surface area contributed by atoms with Crippen molar-refractivity contribution in [2.45, 2.75) is 25.2 Å². The molecule has 1 fully saturated rings. The number of carbonyl (C=O) groups excluding carboxylic acids is 2. The molecule has 1 aliphatic heterocycles. The van der Waals surface area contributed by atoms with Gasteiger partial charge in [-0.3, -0.25) is 9.69 Å². The summed E-state index contributed by atoms with van der Waals surface area (Å²) in [5.41, 5.74) is -0.284. The average Bonchev–Trinajstić information content (AvgIpc) is 2.72. The molecule has 0 saturated carbocycles. The van der Waals surface area contributed by atoms with E-state index in [0.29, 0.717) is 12.0 Å². The quantitative estimate of drug-likeness (QED) is 0.844. The molecule has 3 amide bonds. The smallest absolute Gasteiger partial charge is 0.326 e. The Labute approximate surface area is 130 Å². The van der Waals surface area contributed by atoms with Gasteiger partial charge in [0.25, 0.3) is 5.91 Å². The topological polar surface area (TPSA) is 49.4 Å². The summed E-state index contributed by atoms with van der Waals surface area (Å²) < 4.78 is 37.5. The molecule has 0 aliphatic carbocycles. The summed E-state index contributed by atoms with van der Waals surface area (Å²) in [5, 5.41) is 2.59. The van der Waals surface area contributed by atoms with Gasteiger partial charge in [0, 0.05) is 0 Å². The molecular formula is C14H15F3N2O2S. The van der Waals surface area contributed by atoms with E-state index in [2.05, 4.69) is 5.32 Å². The Balaban J connectivity index is 2.04. The second-order valence-electron chi connectivity index (χ2n) is 4.90. The van der Waals surface area contributed by atoms with E-state index >= 15 is 0 Å². The highest BCUT2D eigenvalue weighted by atomic mass is 32.2. The molecule has 1 saturated heterocycles. The van der Waals surface area contributed by atoms with Gasteiger partial charge in [0.2, 0.25) is 0 Å². The maximum Gasteiger partial charge on any atom is 0.416 e. The Morgan fingerprint density at radius 1 is 1.23 bits per heavy atom. The lowest BCUT2D eigenvalue weighted by molar-refractivity contribution is -0.137. The minimum absolute atomic E-state index is 0.0292. The third kappa shape index (κ3) is 3.73. The number of thioether (sulfide) groups is 1. The first-order valence-electron chi connectivity index (χ1n) is 6.60. The Morgan fingerprint density at radius 2 is 1.86 bits per heavy atom. The summed E-state index contributed by atoms with van der Waals surface area (Å²) in [6.07, 6.45) is -1.96. The first kappa shape index (κ1) is 16.7. The van der Waals surface area contributed by atoms with Crippen molar-refractivity contribution in [2.24, 2.45) is 0 Å². The summed E-state index contributed by atoms with van der Waals surface area (Å²) in [4.78, 5) is 24.9. The van der Waals surface area contributed by atoms with Gasteiger partial charge in [-0.25, -0.2) is 4.79 Å². The van der Waals surface area contributed by atoms with E-state index < -0.39 is 23.8 Å². The lowest BCUT2D eigenvalue weighted by Crippen LogP contribution is -2.31. The van der Waals surface area contributed by atoms with Crippen molar-refractivity contribution in [1.29, 1.82) is 0 Å². The van der Waals surface area contributed by atoms with Crippen LogP contribution < -0.4 is 5.32 Å². The Hall–Kier alpha value is -1.70. The number of hydrogen-bond donors (Lipinski definition) is 1. The number of benzene rings is 1. The zero-order valence-electron chi connectivity index (χ0n) is 11.8. The van der Waals surface area contributed by atoms with Gasteiger partial charge in [-0.05, 0) is 36.1 Å². The van der Waals surface area contributed by atoms with E-state index in [4.69, 9.17) is 0 Å². The molecule has 1 atom stereocenters. The fourth-order valence-corrected chi connectivity index (χ4v) is 2.61. The van der Waals surface area contributed by atoms with E-state index in [0.717, 1.165) is 22.8 Å². The van der Waals surface area contributed by atoms with E-state index in [1.807, 2.05) is 6.26 Å². The standard InChI is InChI=1S/C14H15F3N2O2S/c1-22-7-6-11-12(20)19(13(21)18-11)8-9-2-4-10(5-3-9)14(15,16)17/h2-5,11H,6-8H2,1H3,(H,18,21)/t11-/m1/s1. The Bertz CT molecular complexity index is 560. The number of imide groups is 1. The van der Waals surface area contributed by atoms with Crippen LogP contribution in [0.5, 0.6) is 0 Å². The van der Waals surface area contributed by atoms with Crippen LogP contribution in [0.2, 0.25) is 0 Å². The van der Waals surface area contributed by atoms with Gasteiger partial charge in [-0.1, -0.05) is 12.1 Å². The minimum atomic E-state index is -4.40. The number of halogens is 3. The molecule has 1 heterocycles. The molecule has 0 unspecified atom stereocenters. The van der Waals surface area contributed by atoms with Crippen LogP contribution in [0.1, 0.15) is 17.5 Å². The molecular weight excluding hydrogens is 317 g/mol. The second kappa shape index (κ2) is 6.60. The molecule has 0 bridgehead atoms. The average molecular weight is 332 g/mol. The van der Waals surface area contributed by atoms with Gasteiger partial charge in [0.1, 0.15) is 6.04 Å². The highest BCUT2D eigenvalue weighted by Gasteiger charge is 2.37. The molecule has 8 heteroatoms. The zero-order chi connectivity index (χ0) is 16.3. The van der Waals surface area contributed by atoms with Crippen molar-refractivity contribution in [3.8, 4) is 0 Å². The number of nitrogens with zero attached hydrogens (tertiary/aromatic N) is 1. The number of carbonyl (C=O) groups is 2. The highest BCUT2D eigenvalue weighted by molar-refractivity contribution is 7.98. The maximum absolute atomic E-state index is 12.5. The SMILES string of the molecule is CSCC[C@H]1NC(=O)N(Cc2ccc(C(F)(F)F)cc2)C1=O. The Kier molecular flexibility index (Phi) is 5.00. The largest absolute Gasteiger partial charge is 0.416 e. The second-order valence-corrected chi connectivity index (χ2v) is 5.89. The number of alkyl halides is 3. The number of nitrogens with one attached hydrogen (secondary N) is 1. The van der Waals surface area contributed by atoms with Crippen LogP contribution in [0.3, 0.4) is 0 Å². The number of rotatable bonds is 5. The molecule has 1 aliphatic rings. The normalized spacial score (nSPS) is 18.7. The molecule has 1 N–H and O–H groups in total. The number of hydrogen-bond acceptors (Lipinski definition) is 3. The van der Waals surface area contributed by atoms with Crippen LogP contribution in [0, 0.1) is 0 Å². The van der Waals surface area contributed by atoms with Crippen LogP contribution in [0.15, 0.2) is 24.3 Å². The fourth-order valence-electron chi connectivity index (χ4n) is 2.14.